The summed E-state index contributed by atoms with van der Waals surface area (Å²) in [4.78, 5) is 24.8. The second-order valence-electron chi connectivity index (χ2n) is 5.42. The number of carboxylic acids is 1. The van der Waals surface area contributed by atoms with Gasteiger partial charge in [0.2, 0.25) is 0 Å². The largest absolute Gasteiger partial charge is 0.494 e. The predicted octanol–water partition coefficient (Wildman–Crippen LogP) is 2.81. The monoisotopic (exact) mass is 311 g/mol. The summed E-state index contributed by atoms with van der Waals surface area (Å²) in [5.41, 5.74) is 2.10. The summed E-state index contributed by atoms with van der Waals surface area (Å²) in [6.07, 6.45) is 0.723. The van der Waals surface area contributed by atoms with Gasteiger partial charge < -0.3 is 14.7 Å². The molecule has 0 unspecified atom stereocenters. The van der Waals surface area contributed by atoms with Crippen LogP contribution < -0.4 is 4.74 Å². The van der Waals surface area contributed by atoms with Crippen LogP contribution in [0.25, 0.3) is 0 Å². The Morgan fingerprint density at radius 3 is 2.57 bits per heavy atom. The maximum atomic E-state index is 12.2. The first-order chi connectivity index (χ1) is 11.1. The lowest BCUT2D eigenvalue weighted by Crippen LogP contribution is -2.26. The van der Waals surface area contributed by atoms with Crippen LogP contribution in [0.5, 0.6) is 5.75 Å². The molecule has 118 valence electrons. The number of nitrogens with zero attached hydrogens (tertiary/aromatic N) is 1. The fraction of sp³-hybridized carbons (Fsp3) is 0.222. The van der Waals surface area contributed by atoms with Gasteiger partial charge in [-0.05, 0) is 42.3 Å². The van der Waals surface area contributed by atoms with Crippen molar-refractivity contribution in [1.29, 1.82) is 0 Å². The summed E-state index contributed by atoms with van der Waals surface area (Å²) in [6.45, 7) is 1.77. The van der Waals surface area contributed by atoms with Crippen molar-refractivity contribution in [3.63, 3.8) is 0 Å². The maximum absolute atomic E-state index is 12.2. The lowest BCUT2D eigenvalue weighted by Gasteiger charge is -2.15. The number of carboxylic acid groups (broad SMARTS) is 1. The molecule has 0 bridgehead atoms. The number of rotatable bonds is 6. The summed E-state index contributed by atoms with van der Waals surface area (Å²) in [5.74, 6) is -0.249. The summed E-state index contributed by atoms with van der Waals surface area (Å²) >= 11 is 0. The molecule has 0 fully saturated rings. The highest BCUT2D eigenvalue weighted by Gasteiger charge is 2.25. The van der Waals surface area contributed by atoms with Crippen molar-refractivity contribution in [2.45, 2.75) is 13.0 Å². The first-order valence-corrected chi connectivity index (χ1v) is 7.48. The third-order valence-corrected chi connectivity index (χ3v) is 3.84. The quantitative estimate of drug-likeness (QED) is 0.833. The zero-order valence-electron chi connectivity index (χ0n) is 12.6. The van der Waals surface area contributed by atoms with Crippen LogP contribution in [0.2, 0.25) is 0 Å². The van der Waals surface area contributed by atoms with E-state index in [1.807, 2.05) is 29.2 Å². The third kappa shape index (κ3) is 3.34. The van der Waals surface area contributed by atoms with E-state index in [1.54, 1.807) is 12.1 Å². The topological polar surface area (TPSA) is 66.8 Å². The minimum Gasteiger partial charge on any atom is -0.494 e. The molecule has 5 nitrogen and oxygen atoms in total. The van der Waals surface area contributed by atoms with E-state index in [2.05, 4.69) is 0 Å². The molecule has 1 N–H and O–H groups in total. The standard InChI is InChI=1S/C18H17NO4/c20-17-16-5-2-1-4-14(16)12-19(17)10-3-11-23-15-8-6-13(7-9-15)18(21)22/h1-2,4-9H,3,10-12H2,(H,21,22). The van der Waals surface area contributed by atoms with E-state index in [0.29, 0.717) is 25.4 Å². The van der Waals surface area contributed by atoms with Crippen molar-refractivity contribution in [2.24, 2.45) is 0 Å². The molecule has 0 saturated carbocycles. The van der Waals surface area contributed by atoms with Crippen LogP contribution in [-0.2, 0) is 6.54 Å². The van der Waals surface area contributed by atoms with Gasteiger partial charge in [0.05, 0.1) is 12.2 Å². The van der Waals surface area contributed by atoms with Gasteiger partial charge in [0, 0.05) is 18.7 Å². The fourth-order valence-corrected chi connectivity index (χ4v) is 2.63. The number of hydrogen-bond acceptors (Lipinski definition) is 3. The number of fused-ring (bicyclic) bond motifs is 1. The van der Waals surface area contributed by atoms with E-state index in [4.69, 9.17) is 9.84 Å². The molecule has 0 atom stereocenters. The zero-order valence-corrected chi connectivity index (χ0v) is 12.6. The molecule has 0 aromatic heterocycles. The second kappa shape index (κ2) is 6.52. The average Bonchev–Trinajstić information content (AvgIpc) is 2.89. The van der Waals surface area contributed by atoms with Gasteiger partial charge in [0.1, 0.15) is 5.75 Å². The first kappa shape index (κ1) is 15.1. The van der Waals surface area contributed by atoms with Gasteiger partial charge in [-0.1, -0.05) is 18.2 Å². The molecule has 2 aromatic rings. The molecular formula is C18H17NO4. The highest BCUT2D eigenvalue weighted by Crippen LogP contribution is 2.22. The number of amides is 1. The summed E-state index contributed by atoms with van der Waals surface area (Å²) < 4.78 is 5.58. The van der Waals surface area contributed by atoms with Crippen LogP contribution in [-0.4, -0.2) is 35.0 Å². The van der Waals surface area contributed by atoms with Crippen molar-refractivity contribution in [1.82, 2.24) is 4.90 Å². The van der Waals surface area contributed by atoms with Crippen molar-refractivity contribution in [3.8, 4) is 5.75 Å². The smallest absolute Gasteiger partial charge is 0.335 e. The van der Waals surface area contributed by atoms with Crippen LogP contribution in [0.3, 0.4) is 0 Å². The summed E-state index contributed by atoms with van der Waals surface area (Å²) in [7, 11) is 0. The molecule has 1 aliphatic heterocycles. The van der Waals surface area contributed by atoms with Gasteiger partial charge in [-0.3, -0.25) is 4.79 Å². The van der Waals surface area contributed by atoms with E-state index in [0.717, 1.165) is 17.5 Å². The van der Waals surface area contributed by atoms with Gasteiger partial charge in [-0.25, -0.2) is 4.79 Å². The molecule has 23 heavy (non-hydrogen) atoms. The molecule has 0 saturated heterocycles. The Labute approximate surface area is 134 Å². The van der Waals surface area contributed by atoms with Crippen molar-refractivity contribution in [3.05, 3.63) is 65.2 Å². The Bertz CT molecular complexity index is 724. The van der Waals surface area contributed by atoms with E-state index >= 15 is 0 Å². The molecule has 1 heterocycles. The minimum atomic E-state index is -0.955. The van der Waals surface area contributed by atoms with E-state index in [-0.39, 0.29) is 11.5 Å². The Balaban J connectivity index is 1.46. The fourth-order valence-electron chi connectivity index (χ4n) is 2.63. The number of carbonyl (C=O) groups is 2. The van der Waals surface area contributed by atoms with Crippen LogP contribution in [0.4, 0.5) is 0 Å². The van der Waals surface area contributed by atoms with Crippen LogP contribution in [0, 0.1) is 0 Å². The maximum Gasteiger partial charge on any atom is 0.335 e. The average molecular weight is 311 g/mol. The number of ether oxygens (including phenoxy) is 1. The highest BCUT2D eigenvalue weighted by atomic mass is 16.5. The number of aromatic carboxylic acids is 1. The molecule has 0 radical (unpaired) electrons. The normalized spacial score (nSPS) is 13.0. The van der Waals surface area contributed by atoms with E-state index in [9.17, 15) is 9.59 Å². The van der Waals surface area contributed by atoms with E-state index < -0.39 is 5.97 Å². The number of hydrogen-bond donors (Lipinski definition) is 1. The lowest BCUT2D eigenvalue weighted by molar-refractivity contribution is 0.0696. The first-order valence-electron chi connectivity index (χ1n) is 7.48. The van der Waals surface area contributed by atoms with Gasteiger partial charge in [-0.15, -0.1) is 0 Å². The second-order valence-corrected chi connectivity index (χ2v) is 5.42. The Hall–Kier alpha value is -2.82. The molecule has 0 aliphatic carbocycles. The highest BCUT2D eigenvalue weighted by molar-refractivity contribution is 5.98. The number of benzene rings is 2. The Kier molecular flexibility index (Phi) is 4.28. The molecule has 5 heteroatoms. The van der Waals surface area contributed by atoms with Crippen LogP contribution in [0.15, 0.2) is 48.5 Å². The van der Waals surface area contributed by atoms with Crippen molar-refractivity contribution in [2.75, 3.05) is 13.2 Å². The summed E-state index contributed by atoms with van der Waals surface area (Å²) in [5, 5.41) is 8.83. The van der Waals surface area contributed by atoms with Gasteiger partial charge in [0.15, 0.2) is 0 Å². The van der Waals surface area contributed by atoms with Crippen molar-refractivity contribution >= 4 is 11.9 Å². The molecule has 3 rings (SSSR count). The Morgan fingerprint density at radius 2 is 1.87 bits per heavy atom. The van der Waals surface area contributed by atoms with Crippen LogP contribution in [0.1, 0.15) is 32.7 Å². The third-order valence-electron chi connectivity index (χ3n) is 3.84. The number of carbonyl (C=O) groups excluding carboxylic acids is 1. The SMILES string of the molecule is O=C(O)c1ccc(OCCCN2Cc3ccccc3C2=O)cc1. The van der Waals surface area contributed by atoms with Gasteiger partial charge >= 0.3 is 5.97 Å². The minimum absolute atomic E-state index is 0.0754. The molecule has 0 spiro atoms. The predicted molar refractivity (Wildman–Crippen MR) is 84.7 cm³/mol. The summed E-state index contributed by atoms with van der Waals surface area (Å²) in [6, 6.07) is 14.0. The Morgan fingerprint density at radius 1 is 1.13 bits per heavy atom. The lowest BCUT2D eigenvalue weighted by atomic mass is 10.1. The van der Waals surface area contributed by atoms with Crippen molar-refractivity contribution < 1.29 is 19.4 Å². The molecule has 1 amide bonds. The van der Waals surface area contributed by atoms with Gasteiger partial charge in [0.25, 0.3) is 5.91 Å². The molecule has 1 aliphatic rings. The molecule has 2 aromatic carbocycles. The molecular weight excluding hydrogens is 294 g/mol. The van der Waals surface area contributed by atoms with Gasteiger partial charge in [-0.2, -0.15) is 0 Å². The van der Waals surface area contributed by atoms with Crippen LogP contribution >= 0.6 is 0 Å². The zero-order chi connectivity index (χ0) is 16.2. The van der Waals surface area contributed by atoms with E-state index in [1.165, 1.54) is 12.1 Å².